The highest BCUT2D eigenvalue weighted by molar-refractivity contribution is 7.21. The lowest BCUT2D eigenvalue weighted by atomic mass is 10.1. The number of carbonyl (C=O) groups is 1. The molecular weight excluding hydrogens is 417 g/mol. The van der Waals surface area contributed by atoms with Crippen LogP contribution in [-0.2, 0) is 34.0 Å². The van der Waals surface area contributed by atoms with Crippen molar-refractivity contribution in [3.63, 3.8) is 0 Å². The monoisotopic (exact) mass is 433 g/mol. The second-order valence-corrected chi connectivity index (χ2v) is 7.54. The number of nitrogens with zero attached hydrogens (tertiary/aromatic N) is 1. The quantitative estimate of drug-likeness (QED) is 0.324. The number of rotatable bonds is 6. The molecule has 30 heavy (non-hydrogen) atoms. The maximum absolute atomic E-state index is 14.3. The van der Waals surface area contributed by atoms with Crippen molar-refractivity contribution in [1.29, 1.82) is 0 Å². The van der Waals surface area contributed by atoms with Crippen molar-refractivity contribution >= 4 is 33.1 Å². The zero-order valence-electron chi connectivity index (χ0n) is 15.8. The molecule has 10 heteroatoms. The molecule has 0 aliphatic carbocycles. The number of fused-ring (bicyclic) bond motifs is 2. The predicted octanol–water partition coefficient (Wildman–Crippen LogP) is 4.32. The summed E-state index contributed by atoms with van der Waals surface area (Å²) in [6.07, 6.45) is 0. The highest BCUT2D eigenvalue weighted by Crippen LogP contribution is 2.36. The number of methoxy groups -OCH3 is 1. The lowest BCUT2D eigenvalue weighted by Crippen LogP contribution is -2.15. The molecule has 0 unspecified atom stereocenters. The van der Waals surface area contributed by atoms with Crippen LogP contribution in [0.25, 0.3) is 10.1 Å². The maximum Gasteiger partial charge on any atom is 0.349 e. The summed E-state index contributed by atoms with van der Waals surface area (Å²) in [5, 5.41) is 11.5. The van der Waals surface area contributed by atoms with Crippen molar-refractivity contribution in [3.05, 3.63) is 67.8 Å². The van der Waals surface area contributed by atoms with Gasteiger partial charge in [-0.2, -0.15) is 0 Å². The number of hydrogen-bond donors (Lipinski definition) is 0. The van der Waals surface area contributed by atoms with Gasteiger partial charge in [0.25, 0.3) is 5.69 Å². The molecule has 0 saturated heterocycles. The van der Waals surface area contributed by atoms with E-state index in [1.807, 2.05) is 0 Å². The van der Waals surface area contributed by atoms with Crippen LogP contribution in [0.15, 0.2) is 30.3 Å². The van der Waals surface area contributed by atoms with E-state index >= 15 is 0 Å². The fourth-order valence-corrected chi connectivity index (χ4v) is 4.43. The number of hydrogen-bond acceptors (Lipinski definition) is 8. The third kappa shape index (κ3) is 3.72. The van der Waals surface area contributed by atoms with Crippen LogP contribution in [-0.4, -0.2) is 24.8 Å². The van der Waals surface area contributed by atoms with E-state index in [9.17, 15) is 19.3 Å². The van der Waals surface area contributed by atoms with Gasteiger partial charge in [0, 0.05) is 46.0 Å². The molecule has 0 bridgehead atoms. The minimum absolute atomic E-state index is 0.000659. The number of thiophene rings is 1. The fraction of sp³-hybridized carbons (Fsp3) is 0.250. The number of non-ortho nitro benzene ring substituents is 1. The molecule has 0 fully saturated rings. The highest BCUT2D eigenvalue weighted by atomic mass is 32.1. The first-order chi connectivity index (χ1) is 14.5. The lowest BCUT2D eigenvalue weighted by Gasteiger charge is -2.20. The number of nitro benzene ring substituents is 1. The van der Waals surface area contributed by atoms with Crippen LogP contribution in [0.5, 0.6) is 5.75 Å². The van der Waals surface area contributed by atoms with Gasteiger partial charge in [0.2, 0.25) is 0 Å². The molecule has 1 aliphatic heterocycles. The Bertz CT molecular complexity index is 1140. The summed E-state index contributed by atoms with van der Waals surface area (Å²) in [7, 11) is 1.45. The number of benzene rings is 2. The Morgan fingerprint density at radius 3 is 2.93 bits per heavy atom. The van der Waals surface area contributed by atoms with Crippen molar-refractivity contribution in [2.75, 3.05) is 13.9 Å². The first-order valence-corrected chi connectivity index (χ1v) is 9.68. The van der Waals surface area contributed by atoms with Crippen molar-refractivity contribution in [1.82, 2.24) is 0 Å². The number of esters is 1. The third-order valence-electron chi connectivity index (χ3n) is 4.58. The van der Waals surface area contributed by atoms with Gasteiger partial charge in [-0.15, -0.1) is 11.3 Å². The second kappa shape index (κ2) is 8.34. The number of ether oxygens (including phenoxy) is 4. The molecule has 4 rings (SSSR count). The molecule has 156 valence electrons. The van der Waals surface area contributed by atoms with Gasteiger partial charge >= 0.3 is 5.97 Å². The van der Waals surface area contributed by atoms with Gasteiger partial charge in [0.15, 0.2) is 6.79 Å². The molecule has 1 aliphatic rings. The van der Waals surface area contributed by atoms with Crippen LogP contribution in [0.3, 0.4) is 0 Å². The standard InChI is InChI=1S/C20H16FNO7S/c1-26-9-14-17-15(21)3-2-4-16(17)30-19(14)20(23)28-8-12-6-13(22(24)25)5-11-7-27-10-29-18(11)12/h2-6H,7-10H2,1H3. The summed E-state index contributed by atoms with van der Waals surface area (Å²) in [5.74, 6) is -0.717. The Hall–Kier alpha value is -3.08. The van der Waals surface area contributed by atoms with Gasteiger partial charge in [0.05, 0.1) is 18.1 Å². The molecule has 0 atom stereocenters. The van der Waals surface area contributed by atoms with Crippen molar-refractivity contribution < 1.29 is 33.1 Å². The van der Waals surface area contributed by atoms with E-state index in [4.69, 9.17) is 18.9 Å². The largest absolute Gasteiger partial charge is 0.467 e. The van der Waals surface area contributed by atoms with Crippen LogP contribution in [0, 0.1) is 15.9 Å². The van der Waals surface area contributed by atoms with E-state index in [0.29, 0.717) is 32.5 Å². The van der Waals surface area contributed by atoms with Crippen LogP contribution in [0.4, 0.5) is 10.1 Å². The summed E-state index contributed by atoms with van der Waals surface area (Å²) in [6.45, 7) is -0.0467. The summed E-state index contributed by atoms with van der Waals surface area (Å²) in [5.41, 5.74) is 1.12. The van der Waals surface area contributed by atoms with Crippen molar-refractivity contribution in [2.24, 2.45) is 0 Å². The van der Waals surface area contributed by atoms with Gasteiger partial charge in [-0.25, -0.2) is 9.18 Å². The van der Waals surface area contributed by atoms with Gasteiger partial charge in [-0.1, -0.05) is 6.07 Å². The molecule has 0 amide bonds. The van der Waals surface area contributed by atoms with Crippen LogP contribution in [0.1, 0.15) is 26.4 Å². The van der Waals surface area contributed by atoms with Gasteiger partial charge < -0.3 is 18.9 Å². The normalized spacial score (nSPS) is 13.0. The predicted molar refractivity (Wildman–Crippen MR) is 105 cm³/mol. The Morgan fingerprint density at radius 2 is 2.17 bits per heavy atom. The van der Waals surface area contributed by atoms with Crippen molar-refractivity contribution in [2.45, 2.75) is 19.8 Å². The molecular formula is C20H16FNO7S. The van der Waals surface area contributed by atoms with Gasteiger partial charge in [-0.05, 0) is 12.1 Å². The maximum atomic E-state index is 14.3. The van der Waals surface area contributed by atoms with Crippen molar-refractivity contribution in [3.8, 4) is 5.75 Å². The molecule has 0 saturated carbocycles. The van der Waals surface area contributed by atoms with E-state index in [1.165, 1.54) is 25.3 Å². The Morgan fingerprint density at radius 1 is 1.33 bits per heavy atom. The zero-order valence-corrected chi connectivity index (χ0v) is 16.6. The topological polar surface area (TPSA) is 97.1 Å². The minimum Gasteiger partial charge on any atom is -0.467 e. The molecule has 0 N–H and O–H groups in total. The van der Waals surface area contributed by atoms with Crippen LogP contribution in [0.2, 0.25) is 0 Å². The molecule has 1 aromatic heterocycles. The fourth-order valence-electron chi connectivity index (χ4n) is 3.32. The summed E-state index contributed by atoms with van der Waals surface area (Å²) in [6, 6.07) is 7.26. The van der Waals surface area contributed by atoms with E-state index < -0.39 is 16.7 Å². The molecule has 0 radical (unpaired) electrons. The average molecular weight is 433 g/mol. The average Bonchev–Trinajstić information content (AvgIpc) is 3.11. The zero-order chi connectivity index (χ0) is 21.3. The second-order valence-electron chi connectivity index (χ2n) is 6.49. The Kier molecular flexibility index (Phi) is 5.62. The highest BCUT2D eigenvalue weighted by Gasteiger charge is 2.25. The smallest absolute Gasteiger partial charge is 0.349 e. The van der Waals surface area contributed by atoms with Crippen LogP contribution < -0.4 is 4.74 Å². The first-order valence-electron chi connectivity index (χ1n) is 8.86. The Labute approximate surface area is 173 Å². The number of nitro groups is 1. The van der Waals surface area contributed by atoms with E-state index in [2.05, 4.69) is 0 Å². The van der Waals surface area contributed by atoms with E-state index in [0.717, 1.165) is 11.3 Å². The van der Waals surface area contributed by atoms with Crippen LogP contribution >= 0.6 is 11.3 Å². The first kappa shape index (κ1) is 20.2. The minimum atomic E-state index is -0.671. The van der Waals surface area contributed by atoms with Gasteiger partial charge in [-0.3, -0.25) is 10.1 Å². The number of carbonyl (C=O) groups excluding carboxylic acids is 1. The molecule has 8 nitrogen and oxygen atoms in total. The van der Waals surface area contributed by atoms with Gasteiger partial charge in [0.1, 0.15) is 23.1 Å². The lowest BCUT2D eigenvalue weighted by molar-refractivity contribution is -0.385. The summed E-state index contributed by atoms with van der Waals surface area (Å²) < 4.78 is 36.1. The summed E-state index contributed by atoms with van der Waals surface area (Å²) >= 11 is 1.10. The van der Waals surface area contributed by atoms with E-state index in [-0.39, 0.29) is 37.2 Å². The SMILES string of the molecule is COCc1c(C(=O)OCc2cc([N+](=O)[O-])cc3c2OCOC3)sc2cccc(F)c12. The number of halogens is 1. The molecule has 0 spiro atoms. The molecule has 2 aromatic carbocycles. The molecule has 2 heterocycles. The third-order valence-corrected chi connectivity index (χ3v) is 5.76. The summed E-state index contributed by atoms with van der Waals surface area (Å²) in [4.78, 5) is 23.7. The van der Waals surface area contributed by atoms with E-state index in [1.54, 1.807) is 12.1 Å². The Balaban J connectivity index is 1.64. The molecule has 3 aromatic rings.